The second-order valence-corrected chi connectivity index (χ2v) is 11.0. The number of amidine groups is 1. The molecule has 4 aliphatic rings. The van der Waals surface area contributed by atoms with Gasteiger partial charge in [0.2, 0.25) is 10.0 Å². The number of hydrogen-bond donors (Lipinski definition) is 1. The van der Waals surface area contributed by atoms with E-state index in [1.165, 1.54) is 29.6 Å². The van der Waals surface area contributed by atoms with Crippen LogP contribution in [0.15, 0.2) is 34.2 Å². The van der Waals surface area contributed by atoms with Crippen LogP contribution in [0.25, 0.3) is 0 Å². The number of nitrogens with zero attached hydrogens (tertiary/aromatic N) is 2. The normalized spacial score (nSPS) is 32.0. The molecular weight excluding hydrogens is 398 g/mol. The highest BCUT2D eigenvalue weighted by Crippen LogP contribution is 2.49. The molecule has 5 rings (SSSR count). The molecule has 3 atom stereocenters. The Hall–Kier alpha value is -1.44. The maximum absolute atomic E-state index is 12.9. The van der Waals surface area contributed by atoms with Gasteiger partial charge in [0.1, 0.15) is 11.4 Å². The average Bonchev–Trinajstić information content (AvgIpc) is 3.38. The summed E-state index contributed by atoms with van der Waals surface area (Å²) >= 11 is 5.96. The van der Waals surface area contributed by atoms with Gasteiger partial charge in [0.25, 0.3) is 5.91 Å². The Balaban J connectivity index is 1.33. The molecule has 28 heavy (non-hydrogen) atoms. The van der Waals surface area contributed by atoms with E-state index in [1.54, 1.807) is 18.2 Å². The molecule has 0 radical (unpaired) electrons. The first-order chi connectivity index (χ1) is 13.4. The van der Waals surface area contributed by atoms with Crippen LogP contribution < -0.4 is 5.32 Å². The Morgan fingerprint density at radius 2 is 1.96 bits per heavy atom. The number of amides is 1. The topological polar surface area (TPSA) is 78.8 Å². The summed E-state index contributed by atoms with van der Waals surface area (Å²) in [6.07, 6.45) is 5.78. The number of rotatable bonds is 3. The van der Waals surface area contributed by atoms with Crippen LogP contribution in [0, 0.1) is 17.8 Å². The van der Waals surface area contributed by atoms with Gasteiger partial charge in [0.05, 0.1) is 4.90 Å². The van der Waals surface area contributed by atoms with Crippen LogP contribution in [-0.2, 0) is 14.8 Å². The SMILES string of the molecule is O=C1NC([C@@H]2C[C@H]3CC[C@@H]2C3)=NC12CCN(S(=O)(=O)c1cccc(Cl)c1)CC2. The summed E-state index contributed by atoms with van der Waals surface area (Å²) in [5, 5.41) is 3.45. The third-order valence-electron chi connectivity index (χ3n) is 7.07. The maximum atomic E-state index is 12.9. The molecule has 8 heteroatoms. The molecule has 1 amide bonds. The van der Waals surface area contributed by atoms with Crippen LogP contribution in [0.4, 0.5) is 0 Å². The first-order valence-corrected chi connectivity index (χ1v) is 11.9. The van der Waals surface area contributed by atoms with Crippen molar-refractivity contribution in [3.63, 3.8) is 0 Å². The molecule has 1 saturated heterocycles. The molecular formula is C20H24ClN3O3S. The maximum Gasteiger partial charge on any atom is 0.253 e. The Bertz CT molecular complexity index is 953. The molecule has 3 fully saturated rings. The van der Waals surface area contributed by atoms with Crippen molar-refractivity contribution < 1.29 is 13.2 Å². The molecule has 1 N–H and O–H groups in total. The second kappa shape index (κ2) is 6.54. The van der Waals surface area contributed by atoms with Crippen LogP contribution >= 0.6 is 11.6 Å². The number of fused-ring (bicyclic) bond motifs is 2. The van der Waals surface area contributed by atoms with E-state index in [0.717, 1.165) is 18.2 Å². The van der Waals surface area contributed by atoms with E-state index < -0.39 is 15.6 Å². The second-order valence-electron chi connectivity index (χ2n) is 8.63. The monoisotopic (exact) mass is 421 g/mol. The number of piperidine rings is 1. The van der Waals surface area contributed by atoms with Crippen molar-refractivity contribution in [2.45, 2.75) is 49.0 Å². The molecule has 1 aromatic carbocycles. The summed E-state index contributed by atoms with van der Waals surface area (Å²) < 4.78 is 27.3. The summed E-state index contributed by atoms with van der Waals surface area (Å²) in [6, 6.07) is 6.31. The summed E-state index contributed by atoms with van der Waals surface area (Å²) in [4.78, 5) is 17.9. The molecule has 6 nitrogen and oxygen atoms in total. The minimum Gasteiger partial charge on any atom is -0.312 e. The van der Waals surface area contributed by atoms with E-state index in [-0.39, 0.29) is 23.9 Å². The van der Waals surface area contributed by atoms with E-state index in [1.807, 2.05) is 0 Å². The van der Waals surface area contributed by atoms with Crippen molar-refractivity contribution in [2.24, 2.45) is 22.7 Å². The molecule has 2 aliphatic carbocycles. The number of carbonyl (C=O) groups excluding carboxylic acids is 1. The number of hydrogen-bond acceptors (Lipinski definition) is 4. The minimum atomic E-state index is -3.62. The smallest absolute Gasteiger partial charge is 0.253 e. The van der Waals surface area contributed by atoms with Crippen LogP contribution in [0.3, 0.4) is 0 Å². The Kier molecular flexibility index (Phi) is 4.34. The van der Waals surface area contributed by atoms with Crippen molar-refractivity contribution in [1.82, 2.24) is 9.62 Å². The summed E-state index contributed by atoms with van der Waals surface area (Å²) in [5.41, 5.74) is -0.794. The number of benzene rings is 1. The number of carbonyl (C=O) groups is 1. The lowest BCUT2D eigenvalue weighted by Crippen LogP contribution is -2.50. The Morgan fingerprint density at radius 3 is 2.61 bits per heavy atom. The fourth-order valence-corrected chi connectivity index (χ4v) is 7.25. The summed E-state index contributed by atoms with van der Waals surface area (Å²) in [7, 11) is -3.62. The van der Waals surface area contributed by atoms with Crippen molar-refractivity contribution >= 4 is 33.4 Å². The molecule has 1 aromatic rings. The molecule has 0 aromatic heterocycles. The van der Waals surface area contributed by atoms with E-state index in [0.29, 0.717) is 29.7 Å². The predicted molar refractivity (Wildman–Crippen MR) is 107 cm³/mol. The van der Waals surface area contributed by atoms with Crippen LogP contribution in [0.5, 0.6) is 0 Å². The molecule has 1 spiro atoms. The van der Waals surface area contributed by atoms with Crippen molar-refractivity contribution in [1.29, 1.82) is 0 Å². The van der Waals surface area contributed by atoms with E-state index in [4.69, 9.17) is 16.6 Å². The fourth-order valence-electron chi connectivity index (χ4n) is 5.51. The molecule has 2 aliphatic heterocycles. The number of halogens is 1. The van der Waals surface area contributed by atoms with Gasteiger partial charge in [0, 0.05) is 24.0 Å². The summed E-state index contributed by atoms with van der Waals surface area (Å²) in [6.45, 7) is 0.575. The number of sulfonamides is 1. The number of nitrogens with one attached hydrogen (secondary N) is 1. The molecule has 2 saturated carbocycles. The third kappa shape index (κ3) is 2.90. The molecule has 2 heterocycles. The standard InChI is InChI=1S/C20H24ClN3O3S/c21-15-2-1-3-16(12-15)28(26,27)24-8-6-20(7-9-24)19(25)22-18(23-20)17-11-13-4-5-14(17)10-13/h1-3,12-14,17H,4-11H2,(H,22,23,25)/t13-,14+,17+/m0/s1. The van der Waals surface area contributed by atoms with Crippen molar-refractivity contribution in [2.75, 3.05) is 13.1 Å². The van der Waals surface area contributed by atoms with Gasteiger partial charge in [-0.1, -0.05) is 24.1 Å². The fraction of sp³-hybridized carbons (Fsp3) is 0.600. The minimum absolute atomic E-state index is 0.0509. The van der Waals surface area contributed by atoms with Gasteiger partial charge < -0.3 is 5.32 Å². The van der Waals surface area contributed by atoms with Gasteiger partial charge in [0.15, 0.2) is 0 Å². The summed E-state index contributed by atoms with van der Waals surface area (Å²) in [5.74, 6) is 2.64. The van der Waals surface area contributed by atoms with E-state index in [9.17, 15) is 13.2 Å². The lowest BCUT2D eigenvalue weighted by atomic mass is 9.87. The van der Waals surface area contributed by atoms with Gasteiger partial charge >= 0.3 is 0 Å². The molecule has 0 unspecified atom stereocenters. The van der Waals surface area contributed by atoms with Gasteiger partial charge in [-0.25, -0.2) is 8.42 Å². The zero-order valence-corrected chi connectivity index (χ0v) is 17.2. The lowest BCUT2D eigenvalue weighted by molar-refractivity contribution is -0.125. The Labute approximate surface area is 170 Å². The highest BCUT2D eigenvalue weighted by molar-refractivity contribution is 7.89. The first-order valence-electron chi connectivity index (χ1n) is 10.0. The van der Waals surface area contributed by atoms with Crippen molar-refractivity contribution in [3.05, 3.63) is 29.3 Å². The molecule has 2 bridgehead atoms. The zero-order valence-electron chi connectivity index (χ0n) is 15.6. The van der Waals surface area contributed by atoms with E-state index >= 15 is 0 Å². The van der Waals surface area contributed by atoms with Gasteiger partial charge in [-0.05, 0) is 62.1 Å². The largest absolute Gasteiger partial charge is 0.312 e. The third-order valence-corrected chi connectivity index (χ3v) is 9.20. The Morgan fingerprint density at radius 1 is 1.18 bits per heavy atom. The van der Waals surface area contributed by atoms with Crippen LogP contribution in [-0.4, -0.2) is 43.1 Å². The number of aliphatic imine (C=N–C) groups is 1. The highest BCUT2D eigenvalue weighted by atomic mass is 35.5. The molecule has 150 valence electrons. The first kappa shape index (κ1) is 18.6. The zero-order chi connectivity index (χ0) is 19.5. The van der Waals surface area contributed by atoms with Crippen molar-refractivity contribution in [3.8, 4) is 0 Å². The lowest BCUT2D eigenvalue weighted by Gasteiger charge is -2.34. The van der Waals surface area contributed by atoms with Crippen LogP contribution in [0.2, 0.25) is 5.02 Å². The quantitative estimate of drug-likeness (QED) is 0.815. The predicted octanol–water partition coefficient (Wildman–Crippen LogP) is 2.83. The van der Waals surface area contributed by atoms with Gasteiger partial charge in [-0.3, -0.25) is 9.79 Å². The van der Waals surface area contributed by atoms with Gasteiger partial charge in [-0.2, -0.15) is 4.31 Å². The van der Waals surface area contributed by atoms with Gasteiger partial charge in [-0.15, -0.1) is 0 Å². The highest BCUT2D eigenvalue weighted by Gasteiger charge is 2.51. The van der Waals surface area contributed by atoms with Crippen LogP contribution in [0.1, 0.15) is 38.5 Å². The van der Waals surface area contributed by atoms with E-state index in [2.05, 4.69) is 5.32 Å². The average molecular weight is 422 g/mol.